The maximum atomic E-state index is 12.1. The van der Waals surface area contributed by atoms with Crippen molar-refractivity contribution in [3.8, 4) is 0 Å². The molecule has 6 heteroatoms. The van der Waals surface area contributed by atoms with Crippen LogP contribution in [0.25, 0.3) is 0 Å². The van der Waals surface area contributed by atoms with E-state index in [-0.39, 0.29) is 18.2 Å². The number of amides is 2. The second-order valence-electron chi connectivity index (χ2n) is 5.60. The van der Waals surface area contributed by atoms with Crippen molar-refractivity contribution in [1.82, 2.24) is 5.32 Å². The Morgan fingerprint density at radius 1 is 1.33 bits per heavy atom. The third-order valence-corrected chi connectivity index (χ3v) is 3.91. The minimum atomic E-state index is -0.0926. The minimum Gasteiger partial charge on any atom is -0.378 e. The number of nitrogens with one attached hydrogen (secondary N) is 1. The fourth-order valence-electron chi connectivity index (χ4n) is 2.70. The Labute approximate surface area is 143 Å². The van der Waals surface area contributed by atoms with Gasteiger partial charge in [-0.2, -0.15) is 0 Å². The number of carbonyl (C=O) groups is 2. The Morgan fingerprint density at radius 2 is 2.04 bits per heavy atom. The number of nitrogens with zero attached hydrogens (tertiary/aromatic N) is 2. The smallest absolute Gasteiger partial charge is 0.223 e. The maximum absolute atomic E-state index is 12.1. The number of carbonyl (C=O) groups excluding carboxylic acids is 2. The van der Waals surface area contributed by atoms with E-state index in [2.05, 4.69) is 16.8 Å². The summed E-state index contributed by atoms with van der Waals surface area (Å²) in [5, 5.41) is 2.73. The van der Waals surface area contributed by atoms with Crippen LogP contribution in [0.3, 0.4) is 0 Å². The highest BCUT2D eigenvalue weighted by atomic mass is 16.5. The fourth-order valence-corrected chi connectivity index (χ4v) is 2.70. The van der Waals surface area contributed by atoms with Crippen LogP contribution in [0.2, 0.25) is 0 Å². The largest absolute Gasteiger partial charge is 0.378 e. The van der Waals surface area contributed by atoms with Crippen molar-refractivity contribution in [3.05, 3.63) is 36.9 Å². The average molecular weight is 331 g/mol. The van der Waals surface area contributed by atoms with Crippen molar-refractivity contribution < 1.29 is 14.3 Å². The molecule has 1 aromatic rings. The zero-order valence-electron chi connectivity index (χ0n) is 14.2. The van der Waals surface area contributed by atoms with E-state index in [0.717, 1.165) is 24.5 Å². The van der Waals surface area contributed by atoms with E-state index < -0.39 is 0 Å². The molecule has 0 spiro atoms. The van der Waals surface area contributed by atoms with Crippen LogP contribution >= 0.6 is 0 Å². The molecule has 1 heterocycles. The summed E-state index contributed by atoms with van der Waals surface area (Å²) in [6.07, 6.45) is 1.89. The summed E-state index contributed by atoms with van der Waals surface area (Å²) < 4.78 is 5.40. The van der Waals surface area contributed by atoms with Crippen LogP contribution in [-0.4, -0.2) is 51.2 Å². The predicted molar refractivity (Wildman–Crippen MR) is 95.3 cm³/mol. The SMILES string of the molecule is C=CCNC(=O)CCN(C(C)=O)c1ccccc1N1CCOCC1. The predicted octanol–water partition coefficient (Wildman–Crippen LogP) is 1.57. The van der Waals surface area contributed by atoms with Crippen molar-refractivity contribution >= 4 is 23.2 Å². The van der Waals surface area contributed by atoms with Crippen LogP contribution < -0.4 is 15.1 Å². The Hall–Kier alpha value is -2.34. The molecule has 2 rings (SSSR count). The highest BCUT2D eigenvalue weighted by Crippen LogP contribution is 2.30. The molecule has 0 aliphatic carbocycles. The lowest BCUT2D eigenvalue weighted by atomic mass is 10.2. The van der Waals surface area contributed by atoms with Gasteiger partial charge in [-0.05, 0) is 12.1 Å². The summed E-state index contributed by atoms with van der Waals surface area (Å²) in [5.41, 5.74) is 1.84. The fraction of sp³-hybridized carbons (Fsp3) is 0.444. The summed E-state index contributed by atoms with van der Waals surface area (Å²) in [5.74, 6) is -0.169. The Kier molecular flexibility index (Phi) is 6.81. The molecular weight excluding hydrogens is 306 g/mol. The minimum absolute atomic E-state index is 0.0766. The highest BCUT2D eigenvalue weighted by molar-refractivity contribution is 5.96. The van der Waals surface area contributed by atoms with E-state index >= 15 is 0 Å². The molecule has 24 heavy (non-hydrogen) atoms. The lowest BCUT2D eigenvalue weighted by Crippen LogP contribution is -2.39. The molecule has 130 valence electrons. The molecule has 0 bridgehead atoms. The summed E-state index contributed by atoms with van der Waals surface area (Å²) >= 11 is 0. The van der Waals surface area contributed by atoms with Gasteiger partial charge in [-0.25, -0.2) is 0 Å². The molecule has 0 saturated carbocycles. The standard InChI is InChI=1S/C18H25N3O3/c1-3-9-19-18(23)8-10-21(15(2)22)17-7-5-4-6-16(17)20-11-13-24-14-12-20/h3-7H,1,8-14H2,2H3,(H,19,23). The van der Waals surface area contributed by atoms with Gasteiger partial charge < -0.3 is 19.9 Å². The molecule has 1 aliphatic rings. The van der Waals surface area contributed by atoms with E-state index in [1.165, 1.54) is 6.92 Å². The number of rotatable bonds is 7. The van der Waals surface area contributed by atoms with Crippen LogP contribution in [0.1, 0.15) is 13.3 Å². The summed E-state index contributed by atoms with van der Waals surface area (Å²) in [4.78, 5) is 27.8. The number of anilines is 2. The molecule has 2 amide bonds. The van der Waals surface area contributed by atoms with Crippen LogP contribution in [0.5, 0.6) is 0 Å². The first-order valence-corrected chi connectivity index (χ1v) is 8.21. The zero-order valence-corrected chi connectivity index (χ0v) is 14.2. The first kappa shape index (κ1) is 18.0. The van der Waals surface area contributed by atoms with Crippen molar-refractivity contribution in [2.24, 2.45) is 0 Å². The van der Waals surface area contributed by atoms with Gasteiger partial charge in [0.05, 0.1) is 24.6 Å². The second kappa shape index (κ2) is 9.08. The van der Waals surface area contributed by atoms with Crippen LogP contribution in [0.15, 0.2) is 36.9 Å². The van der Waals surface area contributed by atoms with Crippen molar-refractivity contribution in [3.63, 3.8) is 0 Å². The first-order valence-electron chi connectivity index (χ1n) is 8.21. The molecule has 0 atom stereocenters. The van der Waals surface area contributed by atoms with Crippen molar-refractivity contribution in [2.75, 3.05) is 49.2 Å². The van der Waals surface area contributed by atoms with E-state index in [9.17, 15) is 9.59 Å². The van der Waals surface area contributed by atoms with Gasteiger partial charge in [0.1, 0.15) is 0 Å². The van der Waals surface area contributed by atoms with Crippen LogP contribution in [0.4, 0.5) is 11.4 Å². The number of hydrogen-bond acceptors (Lipinski definition) is 4. The number of benzene rings is 1. The monoisotopic (exact) mass is 331 g/mol. The normalized spacial score (nSPS) is 14.1. The van der Waals surface area contributed by atoms with Crippen LogP contribution in [0, 0.1) is 0 Å². The van der Waals surface area contributed by atoms with Crippen molar-refractivity contribution in [2.45, 2.75) is 13.3 Å². The number of morpholine rings is 1. The van der Waals surface area contributed by atoms with Crippen LogP contribution in [-0.2, 0) is 14.3 Å². The van der Waals surface area contributed by atoms with Gasteiger partial charge in [0.15, 0.2) is 0 Å². The Bertz CT molecular complexity index is 583. The third kappa shape index (κ3) is 4.83. The van der Waals surface area contributed by atoms with Gasteiger partial charge in [-0.1, -0.05) is 18.2 Å². The summed E-state index contributed by atoms with van der Waals surface area (Å²) in [7, 11) is 0. The van der Waals surface area contributed by atoms with Gasteiger partial charge in [0, 0.05) is 39.5 Å². The molecule has 1 N–H and O–H groups in total. The zero-order chi connectivity index (χ0) is 17.4. The molecule has 0 aromatic heterocycles. The van der Waals surface area contributed by atoms with Gasteiger partial charge in [-0.3, -0.25) is 9.59 Å². The van der Waals surface area contributed by atoms with Gasteiger partial charge in [0.25, 0.3) is 0 Å². The molecule has 1 aromatic carbocycles. The van der Waals surface area contributed by atoms with Crippen molar-refractivity contribution in [1.29, 1.82) is 0 Å². The molecule has 1 aliphatic heterocycles. The first-order chi connectivity index (χ1) is 11.6. The number of para-hydroxylation sites is 2. The lowest BCUT2D eigenvalue weighted by Gasteiger charge is -2.33. The lowest BCUT2D eigenvalue weighted by molar-refractivity contribution is -0.120. The summed E-state index contributed by atoms with van der Waals surface area (Å²) in [6, 6.07) is 7.80. The van der Waals surface area contributed by atoms with E-state index in [1.807, 2.05) is 24.3 Å². The molecule has 1 saturated heterocycles. The van der Waals surface area contributed by atoms with Gasteiger partial charge in [0.2, 0.25) is 11.8 Å². The molecule has 0 radical (unpaired) electrons. The number of ether oxygens (including phenoxy) is 1. The number of hydrogen-bond donors (Lipinski definition) is 1. The maximum Gasteiger partial charge on any atom is 0.223 e. The Morgan fingerprint density at radius 3 is 2.71 bits per heavy atom. The van der Waals surface area contributed by atoms with E-state index in [1.54, 1.807) is 11.0 Å². The quantitative estimate of drug-likeness (QED) is 0.771. The Balaban J connectivity index is 2.14. The topological polar surface area (TPSA) is 61.9 Å². The van der Waals surface area contributed by atoms with E-state index in [0.29, 0.717) is 26.3 Å². The third-order valence-electron chi connectivity index (χ3n) is 3.91. The molecule has 0 unspecified atom stereocenters. The van der Waals surface area contributed by atoms with Gasteiger partial charge in [-0.15, -0.1) is 6.58 Å². The van der Waals surface area contributed by atoms with E-state index in [4.69, 9.17) is 4.74 Å². The summed E-state index contributed by atoms with van der Waals surface area (Å²) in [6.45, 7) is 8.82. The highest BCUT2D eigenvalue weighted by Gasteiger charge is 2.20. The molecule has 1 fully saturated rings. The second-order valence-corrected chi connectivity index (χ2v) is 5.60. The molecular formula is C18H25N3O3. The molecule has 6 nitrogen and oxygen atoms in total. The average Bonchev–Trinajstić information content (AvgIpc) is 2.61. The van der Waals surface area contributed by atoms with Gasteiger partial charge >= 0.3 is 0 Å².